The molecule has 0 aliphatic rings. The number of phosphoric ester groups is 1. The first-order chi connectivity index (χ1) is 25.3. The van der Waals surface area contributed by atoms with Gasteiger partial charge in [-0.2, -0.15) is 0 Å². The molecule has 0 spiro atoms. The van der Waals surface area contributed by atoms with E-state index in [9.17, 15) is 14.2 Å². The number of hydrogen-bond donors (Lipinski definition) is 2. The molecule has 0 aromatic heterocycles. The molecule has 0 saturated heterocycles. The van der Waals surface area contributed by atoms with Crippen LogP contribution in [0.3, 0.4) is 0 Å². The molecule has 0 amide bonds. The van der Waals surface area contributed by atoms with E-state index in [1.165, 1.54) is 148 Å². The van der Waals surface area contributed by atoms with Crippen LogP contribution < -0.4 is 0 Å². The minimum Gasteiger partial charge on any atom is -0.462 e. The maximum Gasteiger partial charge on any atom is 0.469 e. The van der Waals surface area contributed by atoms with Gasteiger partial charge in [0.1, 0.15) is 6.61 Å². The number of rotatable bonds is 41. The van der Waals surface area contributed by atoms with Gasteiger partial charge in [0.25, 0.3) is 0 Å². The summed E-state index contributed by atoms with van der Waals surface area (Å²) in [7, 11) is -4.75. The highest BCUT2D eigenvalue weighted by molar-refractivity contribution is 7.46. The van der Waals surface area contributed by atoms with Gasteiger partial charge >= 0.3 is 19.8 Å². The third kappa shape index (κ3) is 41.5. The van der Waals surface area contributed by atoms with E-state index in [0.717, 1.165) is 51.4 Å². The summed E-state index contributed by atoms with van der Waals surface area (Å²) in [5.41, 5.74) is 0. The van der Waals surface area contributed by atoms with Crippen molar-refractivity contribution in [3.05, 3.63) is 12.2 Å². The molecule has 0 unspecified atom stereocenters. The number of allylic oxidation sites excluding steroid dienone is 2. The molecule has 1 atom stereocenters. The molecule has 9 heteroatoms. The number of esters is 2. The molecule has 0 aliphatic carbocycles. The molecule has 0 aromatic carbocycles. The van der Waals surface area contributed by atoms with Crippen molar-refractivity contribution in [3.8, 4) is 0 Å². The van der Waals surface area contributed by atoms with Crippen molar-refractivity contribution >= 4 is 19.8 Å². The van der Waals surface area contributed by atoms with Crippen LogP contribution in [0.2, 0.25) is 0 Å². The first-order valence-electron chi connectivity index (χ1n) is 22.0. The van der Waals surface area contributed by atoms with Crippen LogP contribution in [0.25, 0.3) is 0 Å². The Morgan fingerprint density at radius 1 is 0.481 bits per heavy atom. The van der Waals surface area contributed by atoms with Crippen LogP contribution >= 0.6 is 7.82 Å². The quantitative estimate of drug-likeness (QED) is 0.0274. The minimum atomic E-state index is -4.75. The monoisotopic (exact) mass is 759 g/mol. The smallest absolute Gasteiger partial charge is 0.462 e. The zero-order chi connectivity index (χ0) is 38.2. The fourth-order valence-electron chi connectivity index (χ4n) is 6.49. The first kappa shape index (κ1) is 50.8. The summed E-state index contributed by atoms with van der Waals surface area (Å²) in [6.07, 6.45) is 43.6. The third-order valence-electron chi connectivity index (χ3n) is 9.78. The van der Waals surface area contributed by atoms with Gasteiger partial charge in [0.15, 0.2) is 6.10 Å². The molecule has 0 radical (unpaired) electrons. The summed E-state index contributed by atoms with van der Waals surface area (Å²) in [5, 5.41) is 0. The van der Waals surface area contributed by atoms with E-state index in [4.69, 9.17) is 19.3 Å². The van der Waals surface area contributed by atoms with E-state index in [1.54, 1.807) is 0 Å². The second-order valence-electron chi connectivity index (χ2n) is 15.0. The molecule has 0 aromatic rings. The summed E-state index contributed by atoms with van der Waals surface area (Å²) < 4.78 is 26.4. The molecule has 0 aliphatic heterocycles. The Morgan fingerprint density at radius 2 is 0.808 bits per heavy atom. The fourth-order valence-corrected chi connectivity index (χ4v) is 6.85. The van der Waals surface area contributed by atoms with Crippen LogP contribution in [0.4, 0.5) is 0 Å². The van der Waals surface area contributed by atoms with Crippen LogP contribution in [0, 0.1) is 0 Å². The molecular formula is C43H83O8P. The van der Waals surface area contributed by atoms with Gasteiger partial charge in [0, 0.05) is 12.8 Å². The number of unbranched alkanes of at least 4 members (excludes halogenated alkanes) is 29. The molecule has 2 N–H and O–H groups in total. The van der Waals surface area contributed by atoms with Gasteiger partial charge in [-0.05, 0) is 38.5 Å². The van der Waals surface area contributed by atoms with Crippen LogP contribution in [0.1, 0.15) is 232 Å². The van der Waals surface area contributed by atoms with Crippen molar-refractivity contribution in [2.24, 2.45) is 0 Å². The number of carbonyl (C=O) groups excluding carboxylic acids is 2. The van der Waals surface area contributed by atoms with E-state index in [2.05, 4.69) is 30.5 Å². The molecule has 0 bridgehead atoms. The number of phosphoric acid groups is 1. The molecule has 0 rings (SSSR count). The molecule has 52 heavy (non-hydrogen) atoms. The van der Waals surface area contributed by atoms with Gasteiger partial charge in [-0.1, -0.05) is 193 Å². The van der Waals surface area contributed by atoms with Crippen LogP contribution in [-0.4, -0.2) is 41.0 Å². The molecular weight excluding hydrogens is 675 g/mol. The number of hydrogen-bond acceptors (Lipinski definition) is 6. The maximum absolute atomic E-state index is 12.4. The van der Waals surface area contributed by atoms with Gasteiger partial charge in [-0.25, -0.2) is 4.57 Å². The summed E-state index contributed by atoms with van der Waals surface area (Å²) in [6, 6.07) is 0. The SMILES string of the molecule is CCCCCCCC/C=C\CCCCCCCC(=O)O[C@H](COC(=O)CCCCCCCCCCCCCCCCCCCCC)COP(=O)(O)O. The molecule has 308 valence electrons. The van der Waals surface area contributed by atoms with Gasteiger partial charge in [0.2, 0.25) is 0 Å². The molecule has 8 nitrogen and oxygen atoms in total. The van der Waals surface area contributed by atoms with Crippen molar-refractivity contribution in [1.29, 1.82) is 0 Å². The van der Waals surface area contributed by atoms with Gasteiger partial charge in [0.05, 0.1) is 6.61 Å². The maximum atomic E-state index is 12.4. The van der Waals surface area contributed by atoms with E-state index in [-0.39, 0.29) is 19.4 Å². The predicted molar refractivity (Wildman–Crippen MR) is 216 cm³/mol. The Balaban J connectivity index is 3.85. The lowest BCUT2D eigenvalue weighted by Crippen LogP contribution is -2.29. The first-order valence-corrected chi connectivity index (χ1v) is 23.5. The zero-order valence-corrected chi connectivity index (χ0v) is 34.9. The lowest BCUT2D eigenvalue weighted by molar-refractivity contribution is -0.161. The normalized spacial score (nSPS) is 12.5. The molecule has 0 heterocycles. The number of carbonyl (C=O) groups is 2. The second-order valence-corrected chi connectivity index (χ2v) is 16.3. The summed E-state index contributed by atoms with van der Waals surface area (Å²) in [6.45, 7) is 3.70. The van der Waals surface area contributed by atoms with Crippen LogP contribution in [0.5, 0.6) is 0 Å². The topological polar surface area (TPSA) is 119 Å². The summed E-state index contributed by atoms with van der Waals surface area (Å²) in [5.74, 6) is -0.881. The predicted octanol–water partition coefficient (Wildman–Crippen LogP) is 13.4. The van der Waals surface area contributed by atoms with Crippen molar-refractivity contribution in [1.82, 2.24) is 0 Å². The standard InChI is InChI=1S/C43H83O8P/c1-3-5-7-9-11-13-15-17-19-20-21-22-24-25-27-29-31-33-35-37-42(44)49-39-41(40-50-52(46,47)48)51-43(45)38-36-34-32-30-28-26-23-18-16-14-12-10-8-6-4-2/h18,23,41H,3-17,19-22,24-40H2,1-2H3,(H2,46,47,48)/b23-18-/t41-/m1/s1. The van der Waals surface area contributed by atoms with Gasteiger partial charge in [-0.3, -0.25) is 14.1 Å². The van der Waals surface area contributed by atoms with Crippen molar-refractivity contribution < 1.29 is 37.9 Å². The van der Waals surface area contributed by atoms with E-state index in [0.29, 0.717) is 6.42 Å². The Hall–Kier alpha value is -1.21. The fraction of sp³-hybridized carbons (Fsp3) is 0.907. The van der Waals surface area contributed by atoms with E-state index in [1.807, 2.05) is 0 Å². The average Bonchev–Trinajstić information content (AvgIpc) is 3.11. The van der Waals surface area contributed by atoms with Crippen LogP contribution in [0.15, 0.2) is 12.2 Å². The molecule has 0 fully saturated rings. The average molecular weight is 759 g/mol. The Morgan fingerprint density at radius 3 is 1.17 bits per heavy atom. The summed E-state index contributed by atoms with van der Waals surface area (Å²) >= 11 is 0. The van der Waals surface area contributed by atoms with Crippen molar-refractivity contribution in [2.75, 3.05) is 13.2 Å². The second kappa shape index (κ2) is 39.5. The molecule has 0 saturated carbocycles. The highest BCUT2D eigenvalue weighted by Gasteiger charge is 2.22. The Kier molecular flexibility index (Phi) is 38.6. The van der Waals surface area contributed by atoms with Crippen LogP contribution in [-0.2, 0) is 28.2 Å². The highest BCUT2D eigenvalue weighted by Crippen LogP contribution is 2.36. The van der Waals surface area contributed by atoms with Gasteiger partial charge in [-0.15, -0.1) is 0 Å². The van der Waals surface area contributed by atoms with Gasteiger partial charge < -0.3 is 19.3 Å². The highest BCUT2D eigenvalue weighted by atomic mass is 31.2. The Labute approximate surface area is 320 Å². The largest absolute Gasteiger partial charge is 0.469 e. The van der Waals surface area contributed by atoms with Crippen molar-refractivity contribution in [2.45, 2.75) is 238 Å². The lowest BCUT2D eigenvalue weighted by Gasteiger charge is -2.18. The zero-order valence-electron chi connectivity index (χ0n) is 34.0. The lowest BCUT2D eigenvalue weighted by atomic mass is 10.0. The third-order valence-corrected chi connectivity index (χ3v) is 10.3. The summed E-state index contributed by atoms with van der Waals surface area (Å²) in [4.78, 5) is 42.9. The Bertz CT molecular complexity index is 858. The van der Waals surface area contributed by atoms with E-state index < -0.39 is 32.5 Å². The minimum absolute atomic E-state index is 0.206. The van der Waals surface area contributed by atoms with Crippen molar-refractivity contribution in [3.63, 3.8) is 0 Å². The van der Waals surface area contributed by atoms with E-state index >= 15 is 0 Å². The number of ether oxygens (including phenoxy) is 2.